The largest absolute Gasteiger partial charge is 0.496 e. The number of hydrogen-bond acceptors (Lipinski definition) is 2. The first-order chi connectivity index (χ1) is 7.36. The van der Waals surface area contributed by atoms with E-state index in [-0.39, 0.29) is 0 Å². The van der Waals surface area contributed by atoms with Crippen LogP contribution in [0, 0.1) is 0 Å². The van der Waals surface area contributed by atoms with Crippen LogP contribution in [0.25, 0.3) is 11.1 Å². The van der Waals surface area contributed by atoms with Gasteiger partial charge in [-0.1, -0.05) is 12.1 Å². The van der Waals surface area contributed by atoms with Gasteiger partial charge in [-0.15, -0.1) is 0 Å². The molecule has 4 bridgehead atoms. The SMILES string of the molecule is COc1ccc2cc1-c1ccc(cc1)O2. The molecule has 0 saturated heterocycles. The van der Waals surface area contributed by atoms with E-state index < -0.39 is 0 Å². The highest BCUT2D eigenvalue weighted by Gasteiger charge is 2.11. The van der Waals surface area contributed by atoms with E-state index in [1.165, 1.54) is 0 Å². The predicted molar refractivity (Wildman–Crippen MR) is 58.5 cm³/mol. The summed E-state index contributed by atoms with van der Waals surface area (Å²) in [6.07, 6.45) is 0. The van der Waals surface area contributed by atoms with E-state index in [1.807, 2.05) is 42.5 Å². The predicted octanol–water partition coefficient (Wildman–Crippen LogP) is 3.47. The molecule has 4 rings (SSSR count). The van der Waals surface area contributed by atoms with Crippen LogP contribution in [0.2, 0.25) is 0 Å². The molecule has 15 heavy (non-hydrogen) atoms. The van der Waals surface area contributed by atoms with Crippen molar-refractivity contribution in [1.29, 1.82) is 0 Å². The lowest BCUT2D eigenvalue weighted by Gasteiger charge is -2.15. The van der Waals surface area contributed by atoms with Crippen LogP contribution in [0.15, 0.2) is 42.5 Å². The Balaban J connectivity index is 2.32. The number of rotatable bonds is 1. The minimum atomic E-state index is 0.854. The molecular formula is C13H10O2. The molecule has 2 aliphatic heterocycles. The maximum absolute atomic E-state index is 5.66. The highest BCUT2D eigenvalue weighted by molar-refractivity contribution is 5.73. The summed E-state index contributed by atoms with van der Waals surface area (Å²) in [6, 6.07) is 13.9. The van der Waals surface area contributed by atoms with E-state index in [4.69, 9.17) is 9.47 Å². The van der Waals surface area contributed by atoms with Gasteiger partial charge in [0, 0.05) is 5.56 Å². The van der Waals surface area contributed by atoms with Crippen molar-refractivity contribution < 1.29 is 9.47 Å². The second kappa shape index (κ2) is 3.02. The fourth-order valence-electron chi connectivity index (χ4n) is 1.81. The molecule has 0 N–H and O–H groups in total. The minimum absolute atomic E-state index is 0.854. The van der Waals surface area contributed by atoms with Crippen LogP contribution < -0.4 is 9.47 Å². The lowest BCUT2D eigenvalue weighted by atomic mass is 10.0. The Bertz CT molecular complexity index is 500. The second-order valence-corrected chi connectivity index (χ2v) is 3.49. The molecule has 74 valence electrons. The summed E-state index contributed by atoms with van der Waals surface area (Å²) in [4.78, 5) is 0. The van der Waals surface area contributed by atoms with E-state index in [0.717, 1.165) is 28.4 Å². The van der Waals surface area contributed by atoms with Gasteiger partial charge < -0.3 is 9.47 Å². The summed E-state index contributed by atoms with van der Waals surface area (Å²) in [5.41, 5.74) is 2.22. The molecule has 0 saturated carbocycles. The van der Waals surface area contributed by atoms with Gasteiger partial charge in [0.25, 0.3) is 0 Å². The van der Waals surface area contributed by atoms with Gasteiger partial charge in [-0.3, -0.25) is 0 Å². The Morgan fingerprint density at radius 3 is 2.40 bits per heavy atom. The van der Waals surface area contributed by atoms with Crippen LogP contribution in [0.4, 0.5) is 0 Å². The van der Waals surface area contributed by atoms with Gasteiger partial charge in [0.15, 0.2) is 0 Å². The molecule has 0 amide bonds. The zero-order valence-electron chi connectivity index (χ0n) is 8.36. The van der Waals surface area contributed by atoms with Gasteiger partial charge in [-0.05, 0) is 35.9 Å². The summed E-state index contributed by atoms with van der Waals surface area (Å²) in [7, 11) is 1.68. The van der Waals surface area contributed by atoms with Crippen LogP contribution in [0.1, 0.15) is 0 Å². The fourth-order valence-corrected chi connectivity index (χ4v) is 1.81. The molecule has 0 aromatic heterocycles. The third kappa shape index (κ3) is 1.26. The number of fused-ring (bicyclic) bond motifs is 2. The molecule has 2 aromatic rings. The number of hydrogen-bond donors (Lipinski definition) is 0. The Morgan fingerprint density at radius 2 is 1.67 bits per heavy atom. The molecule has 2 heterocycles. The molecule has 0 fully saturated rings. The molecule has 0 unspecified atom stereocenters. The third-order valence-electron chi connectivity index (χ3n) is 2.57. The van der Waals surface area contributed by atoms with Gasteiger partial charge in [0.05, 0.1) is 7.11 Å². The van der Waals surface area contributed by atoms with Crippen molar-refractivity contribution in [3.63, 3.8) is 0 Å². The maximum Gasteiger partial charge on any atom is 0.128 e. The van der Waals surface area contributed by atoms with Crippen LogP contribution in [0.3, 0.4) is 0 Å². The molecule has 0 radical (unpaired) electrons. The van der Waals surface area contributed by atoms with E-state index in [0.29, 0.717) is 0 Å². The molecule has 0 spiro atoms. The van der Waals surface area contributed by atoms with E-state index in [1.54, 1.807) is 7.11 Å². The monoisotopic (exact) mass is 198 g/mol. The molecule has 2 heteroatoms. The minimum Gasteiger partial charge on any atom is -0.496 e. The highest BCUT2D eigenvalue weighted by Crippen LogP contribution is 2.38. The summed E-state index contributed by atoms with van der Waals surface area (Å²) in [6.45, 7) is 0. The summed E-state index contributed by atoms with van der Waals surface area (Å²) >= 11 is 0. The standard InChI is InChI=1S/C13H10O2/c1-14-13-7-6-11-8-12(13)9-2-4-10(15-11)5-3-9/h2-8H,1H3. The fraction of sp³-hybridized carbons (Fsp3) is 0.0769. The van der Waals surface area contributed by atoms with Gasteiger partial charge in [-0.2, -0.15) is 0 Å². The lowest BCUT2D eigenvalue weighted by Crippen LogP contribution is -1.93. The Morgan fingerprint density at radius 1 is 0.933 bits per heavy atom. The van der Waals surface area contributed by atoms with E-state index >= 15 is 0 Å². The maximum atomic E-state index is 5.66. The quantitative estimate of drug-likeness (QED) is 0.596. The first kappa shape index (κ1) is 8.36. The summed E-state index contributed by atoms with van der Waals surface area (Å²) < 4.78 is 11.0. The van der Waals surface area contributed by atoms with Crippen LogP contribution >= 0.6 is 0 Å². The van der Waals surface area contributed by atoms with Crippen molar-refractivity contribution in [3.05, 3.63) is 42.5 Å². The van der Waals surface area contributed by atoms with Crippen molar-refractivity contribution in [3.8, 4) is 28.4 Å². The normalized spacial score (nSPS) is 11.5. The average Bonchev–Trinajstić information content (AvgIpc) is 2.28. The van der Waals surface area contributed by atoms with Crippen molar-refractivity contribution in [1.82, 2.24) is 0 Å². The highest BCUT2D eigenvalue weighted by atomic mass is 16.5. The van der Waals surface area contributed by atoms with Crippen molar-refractivity contribution in [2.45, 2.75) is 0 Å². The summed E-state index contributed by atoms with van der Waals surface area (Å²) in [5.74, 6) is 2.60. The van der Waals surface area contributed by atoms with Crippen LogP contribution in [-0.4, -0.2) is 7.11 Å². The number of benzene rings is 2. The van der Waals surface area contributed by atoms with E-state index in [2.05, 4.69) is 0 Å². The van der Waals surface area contributed by atoms with E-state index in [9.17, 15) is 0 Å². The van der Waals surface area contributed by atoms with Crippen LogP contribution in [-0.2, 0) is 0 Å². The Kier molecular flexibility index (Phi) is 1.68. The zero-order valence-corrected chi connectivity index (χ0v) is 8.36. The first-order valence-electron chi connectivity index (χ1n) is 4.83. The first-order valence-corrected chi connectivity index (χ1v) is 4.83. The Hall–Kier alpha value is -1.96. The molecular weight excluding hydrogens is 188 g/mol. The van der Waals surface area contributed by atoms with Crippen molar-refractivity contribution in [2.24, 2.45) is 0 Å². The van der Waals surface area contributed by atoms with Crippen molar-refractivity contribution >= 4 is 0 Å². The number of methoxy groups -OCH3 is 1. The topological polar surface area (TPSA) is 18.5 Å². The van der Waals surface area contributed by atoms with Crippen molar-refractivity contribution in [2.75, 3.05) is 7.11 Å². The molecule has 2 aliphatic rings. The molecule has 2 nitrogen and oxygen atoms in total. The Labute approximate surface area is 88.1 Å². The van der Waals surface area contributed by atoms with Gasteiger partial charge in [0.2, 0.25) is 0 Å². The summed E-state index contributed by atoms with van der Waals surface area (Å²) in [5, 5.41) is 0. The molecule has 2 aromatic carbocycles. The number of ether oxygens (including phenoxy) is 2. The third-order valence-corrected chi connectivity index (χ3v) is 2.57. The van der Waals surface area contributed by atoms with Gasteiger partial charge in [-0.25, -0.2) is 0 Å². The molecule has 0 aliphatic carbocycles. The lowest BCUT2D eigenvalue weighted by molar-refractivity contribution is 0.414. The molecule has 0 atom stereocenters. The van der Waals surface area contributed by atoms with Crippen LogP contribution in [0.5, 0.6) is 17.2 Å². The van der Waals surface area contributed by atoms with Gasteiger partial charge in [0.1, 0.15) is 17.2 Å². The second-order valence-electron chi connectivity index (χ2n) is 3.49. The zero-order chi connectivity index (χ0) is 10.3. The smallest absolute Gasteiger partial charge is 0.128 e. The average molecular weight is 198 g/mol. The van der Waals surface area contributed by atoms with Gasteiger partial charge >= 0.3 is 0 Å².